The lowest BCUT2D eigenvalue weighted by molar-refractivity contribution is -0.139. The fourth-order valence-electron chi connectivity index (χ4n) is 0.812. The third-order valence-electron chi connectivity index (χ3n) is 1.48. The van der Waals surface area contributed by atoms with Crippen molar-refractivity contribution < 1.29 is 22.4 Å². The van der Waals surface area contributed by atoms with Gasteiger partial charge in [0.15, 0.2) is 6.29 Å². The van der Waals surface area contributed by atoms with E-state index in [4.69, 9.17) is 0 Å². The summed E-state index contributed by atoms with van der Waals surface area (Å²) in [6.07, 6.45) is -1.35. The molecule has 78 valence electrons. The first-order valence-corrected chi connectivity index (χ1v) is 3.59. The van der Waals surface area contributed by atoms with E-state index in [1.54, 1.807) is 0 Å². The summed E-state index contributed by atoms with van der Waals surface area (Å²) < 4.78 is 49.0. The van der Waals surface area contributed by atoms with Crippen molar-refractivity contribution in [3.8, 4) is 0 Å². The second kappa shape index (κ2) is 3.77. The SMILES string of the molecule is O=Cc1cnn(CC(F)(F)C(F)F)c1. The molecular weight excluding hydrogens is 204 g/mol. The van der Waals surface area contributed by atoms with E-state index in [0.29, 0.717) is 11.0 Å². The summed E-state index contributed by atoms with van der Waals surface area (Å²) in [6.45, 7) is -1.24. The maximum Gasteiger partial charge on any atom is 0.326 e. The van der Waals surface area contributed by atoms with Crippen LogP contribution in [0.2, 0.25) is 0 Å². The molecule has 1 rings (SSSR count). The van der Waals surface area contributed by atoms with Crippen molar-refractivity contribution in [3.63, 3.8) is 0 Å². The van der Waals surface area contributed by atoms with Crippen LogP contribution in [0.15, 0.2) is 12.4 Å². The van der Waals surface area contributed by atoms with E-state index in [0.717, 1.165) is 12.4 Å². The molecule has 0 aliphatic rings. The van der Waals surface area contributed by atoms with Crippen LogP contribution in [0.25, 0.3) is 0 Å². The molecule has 1 aromatic heterocycles. The normalized spacial score (nSPS) is 12.1. The maximum atomic E-state index is 12.4. The van der Waals surface area contributed by atoms with Crippen LogP contribution in [0.4, 0.5) is 17.6 Å². The first-order chi connectivity index (χ1) is 6.45. The second-order valence-electron chi connectivity index (χ2n) is 2.65. The van der Waals surface area contributed by atoms with Gasteiger partial charge in [0.25, 0.3) is 0 Å². The molecule has 0 aromatic carbocycles. The Balaban J connectivity index is 2.73. The van der Waals surface area contributed by atoms with Gasteiger partial charge in [-0.3, -0.25) is 9.48 Å². The van der Waals surface area contributed by atoms with Crippen LogP contribution < -0.4 is 0 Å². The largest absolute Gasteiger partial charge is 0.326 e. The lowest BCUT2D eigenvalue weighted by Crippen LogP contribution is -2.32. The Morgan fingerprint density at radius 3 is 2.64 bits per heavy atom. The Morgan fingerprint density at radius 2 is 2.21 bits per heavy atom. The summed E-state index contributed by atoms with van der Waals surface area (Å²) in [6, 6.07) is 0. The third-order valence-corrected chi connectivity index (χ3v) is 1.48. The molecule has 0 bridgehead atoms. The molecule has 0 atom stereocenters. The Kier molecular flexibility index (Phi) is 2.87. The van der Waals surface area contributed by atoms with Gasteiger partial charge in [-0.25, -0.2) is 8.78 Å². The van der Waals surface area contributed by atoms with E-state index in [1.807, 2.05) is 0 Å². The van der Waals surface area contributed by atoms with Crippen LogP contribution in [-0.4, -0.2) is 28.4 Å². The van der Waals surface area contributed by atoms with Gasteiger partial charge in [0.05, 0.1) is 11.8 Å². The number of rotatable bonds is 4. The molecule has 0 aliphatic heterocycles. The molecule has 0 saturated carbocycles. The average molecular weight is 210 g/mol. The van der Waals surface area contributed by atoms with Crippen molar-refractivity contribution in [2.24, 2.45) is 0 Å². The number of aromatic nitrogens is 2. The van der Waals surface area contributed by atoms with Crippen molar-refractivity contribution >= 4 is 6.29 Å². The summed E-state index contributed by atoms with van der Waals surface area (Å²) in [5.41, 5.74) is 0.0649. The average Bonchev–Trinajstić information content (AvgIpc) is 2.51. The number of aldehydes is 1. The molecule has 0 fully saturated rings. The van der Waals surface area contributed by atoms with Crippen molar-refractivity contribution in [1.29, 1.82) is 0 Å². The minimum Gasteiger partial charge on any atom is -0.298 e. The zero-order valence-corrected chi connectivity index (χ0v) is 6.83. The van der Waals surface area contributed by atoms with E-state index in [2.05, 4.69) is 5.10 Å². The Hall–Kier alpha value is -1.40. The number of carbonyl (C=O) groups excluding carboxylic acids is 1. The first-order valence-electron chi connectivity index (χ1n) is 3.59. The zero-order chi connectivity index (χ0) is 10.8. The fraction of sp³-hybridized carbons (Fsp3) is 0.429. The second-order valence-corrected chi connectivity index (χ2v) is 2.65. The molecule has 0 radical (unpaired) electrons. The van der Waals surface area contributed by atoms with Crippen LogP contribution >= 0.6 is 0 Å². The molecule has 1 aromatic rings. The number of nitrogens with zero attached hydrogens (tertiary/aromatic N) is 2. The Morgan fingerprint density at radius 1 is 1.57 bits per heavy atom. The highest BCUT2D eigenvalue weighted by Crippen LogP contribution is 2.24. The van der Waals surface area contributed by atoms with E-state index in [9.17, 15) is 22.4 Å². The Bertz CT molecular complexity index is 323. The molecule has 0 spiro atoms. The summed E-state index contributed by atoms with van der Waals surface area (Å²) in [7, 11) is 0. The molecule has 14 heavy (non-hydrogen) atoms. The molecular formula is C7H6F4N2O. The molecule has 0 amide bonds. The topological polar surface area (TPSA) is 34.9 Å². The summed E-state index contributed by atoms with van der Waals surface area (Å²) in [4.78, 5) is 10.1. The molecule has 1 heterocycles. The summed E-state index contributed by atoms with van der Waals surface area (Å²) in [5.74, 6) is -4.13. The minimum absolute atomic E-state index is 0.0649. The van der Waals surface area contributed by atoms with Gasteiger partial charge in [-0.2, -0.15) is 13.9 Å². The fourth-order valence-corrected chi connectivity index (χ4v) is 0.812. The highest BCUT2D eigenvalue weighted by molar-refractivity contribution is 5.73. The lowest BCUT2D eigenvalue weighted by Gasteiger charge is -2.14. The van der Waals surface area contributed by atoms with Crippen LogP contribution in [0.5, 0.6) is 0 Å². The van der Waals surface area contributed by atoms with Gasteiger partial charge < -0.3 is 0 Å². The van der Waals surface area contributed by atoms with E-state index >= 15 is 0 Å². The predicted octanol–water partition coefficient (Wildman–Crippen LogP) is 1.60. The quantitative estimate of drug-likeness (QED) is 0.558. The van der Waals surface area contributed by atoms with Gasteiger partial charge in [0, 0.05) is 6.20 Å². The maximum absolute atomic E-state index is 12.4. The molecule has 0 unspecified atom stereocenters. The van der Waals surface area contributed by atoms with Crippen LogP contribution in [0.1, 0.15) is 10.4 Å². The number of hydrogen-bond acceptors (Lipinski definition) is 2. The zero-order valence-electron chi connectivity index (χ0n) is 6.83. The van der Waals surface area contributed by atoms with Crippen LogP contribution in [-0.2, 0) is 6.54 Å². The molecule has 0 N–H and O–H groups in total. The van der Waals surface area contributed by atoms with Gasteiger partial charge in [-0.1, -0.05) is 0 Å². The van der Waals surface area contributed by atoms with Gasteiger partial charge in [0.1, 0.15) is 6.54 Å². The number of carbonyl (C=O) groups is 1. The number of hydrogen-bond donors (Lipinski definition) is 0. The highest BCUT2D eigenvalue weighted by Gasteiger charge is 2.41. The van der Waals surface area contributed by atoms with Crippen molar-refractivity contribution in [3.05, 3.63) is 18.0 Å². The van der Waals surface area contributed by atoms with Crippen molar-refractivity contribution in [2.45, 2.75) is 18.9 Å². The van der Waals surface area contributed by atoms with Gasteiger partial charge in [0.2, 0.25) is 0 Å². The minimum atomic E-state index is -4.13. The smallest absolute Gasteiger partial charge is 0.298 e. The van der Waals surface area contributed by atoms with Crippen molar-refractivity contribution in [1.82, 2.24) is 9.78 Å². The van der Waals surface area contributed by atoms with E-state index in [1.165, 1.54) is 0 Å². The molecule has 0 saturated heterocycles. The third kappa shape index (κ3) is 2.30. The monoisotopic (exact) mass is 210 g/mol. The number of halogens is 4. The first kappa shape index (κ1) is 10.7. The number of alkyl halides is 4. The summed E-state index contributed by atoms with van der Waals surface area (Å²) >= 11 is 0. The van der Waals surface area contributed by atoms with Crippen LogP contribution in [0, 0.1) is 0 Å². The lowest BCUT2D eigenvalue weighted by atomic mass is 10.3. The standard InChI is InChI=1S/C7H6F4N2O/c8-6(9)7(10,11)4-13-2-5(3-14)1-12-13/h1-3,6H,4H2. The van der Waals surface area contributed by atoms with Crippen molar-refractivity contribution in [2.75, 3.05) is 0 Å². The highest BCUT2D eigenvalue weighted by atomic mass is 19.3. The molecule has 3 nitrogen and oxygen atoms in total. The molecule has 7 heteroatoms. The van der Waals surface area contributed by atoms with E-state index < -0.39 is 18.9 Å². The van der Waals surface area contributed by atoms with Gasteiger partial charge in [-0.05, 0) is 0 Å². The summed E-state index contributed by atoms with van der Waals surface area (Å²) in [5, 5.41) is 3.33. The van der Waals surface area contributed by atoms with Gasteiger partial charge >= 0.3 is 12.3 Å². The Labute approximate surface area is 76.3 Å². The predicted molar refractivity (Wildman–Crippen MR) is 38.6 cm³/mol. The molecule has 0 aliphatic carbocycles. The van der Waals surface area contributed by atoms with Gasteiger partial charge in [-0.15, -0.1) is 0 Å². The van der Waals surface area contributed by atoms with Crippen LogP contribution in [0.3, 0.4) is 0 Å². The van der Waals surface area contributed by atoms with E-state index in [-0.39, 0.29) is 5.56 Å².